The van der Waals surface area contributed by atoms with Crippen LogP contribution in [0.5, 0.6) is 17.2 Å². The van der Waals surface area contributed by atoms with Crippen molar-refractivity contribution in [3.05, 3.63) is 33.6 Å². The molecule has 7 heteroatoms. The second-order valence-corrected chi connectivity index (χ2v) is 7.90. The predicted molar refractivity (Wildman–Crippen MR) is 101 cm³/mol. The summed E-state index contributed by atoms with van der Waals surface area (Å²) in [5.74, 6) is -0.725. The van der Waals surface area contributed by atoms with Crippen LogP contribution in [-0.2, 0) is 0 Å². The summed E-state index contributed by atoms with van der Waals surface area (Å²) in [6.07, 6.45) is 9.87. The van der Waals surface area contributed by atoms with Crippen LogP contribution < -0.4 is 4.80 Å². The van der Waals surface area contributed by atoms with E-state index >= 15 is 0 Å². The maximum Gasteiger partial charge on any atom is 0.206 e. The van der Waals surface area contributed by atoms with Crippen molar-refractivity contribution < 1.29 is 15.3 Å². The van der Waals surface area contributed by atoms with Gasteiger partial charge < -0.3 is 15.3 Å². The minimum atomic E-state index is -0.529. The molecule has 0 radical (unpaired) electrons. The Morgan fingerprint density at radius 2 is 1.77 bits per heavy atom. The van der Waals surface area contributed by atoms with E-state index in [0.717, 1.165) is 23.3 Å². The van der Waals surface area contributed by atoms with Crippen LogP contribution in [-0.4, -0.2) is 32.3 Å². The van der Waals surface area contributed by atoms with Crippen molar-refractivity contribution >= 4 is 17.6 Å². The molecule has 0 bridgehead atoms. The molecule has 1 heterocycles. The van der Waals surface area contributed by atoms with Gasteiger partial charge in [-0.15, -0.1) is 11.3 Å². The summed E-state index contributed by atoms with van der Waals surface area (Å²) in [7, 11) is 0. The summed E-state index contributed by atoms with van der Waals surface area (Å²) in [6.45, 7) is 0. The first-order valence-electron chi connectivity index (χ1n) is 9.16. The van der Waals surface area contributed by atoms with E-state index in [2.05, 4.69) is 10.5 Å². The van der Waals surface area contributed by atoms with E-state index in [1.165, 1.54) is 50.5 Å². The van der Waals surface area contributed by atoms with Gasteiger partial charge in [0.25, 0.3) is 0 Å². The number of hydrogen-bond acceptors (Lipinski definition) is 6. The van der Waals surface area contributed by atoms with Gasteiger partial charge in [0, 0.05) is 16.9 Å². The zero-order valence-corrected chi connectivity index (χ0v) is 15.3. The molecule has 0 saturated heterocycles. The van der Waals surface area contributed by atoms with Gasteiger partial charge in [-0.1, -0.05) is 19.3 Å². The van der Waals surface area contributed by atoms with E-state index in [1.54, 1.807) is 11.3 Å². The minimum absolute atomic E-state index is 0.351. The summed E-state index contributed by atoms with van der Waals surface area (Å²) >= 11 is 1.61. The number of aromatic nitrogens is 1. The Bertz CT molecular complexity index is 890. The third kappa shape index (κ3) is 3.49. The lowest BCUT2D eigenvalue weighted by molar-refractivity contribution is 0.367. The van der Waals surface area contributed by atoms with E-state index in [-0.39, 0.29) is 11.5 Å². The van der Waals surface area contributed by atoms with Crippen LogP contribution in [0.15, 0.2) is 27.6 Å². The highest BCUT2D eigenvalue weighted by atomic mass is 32.1. The monoisotopic (exact) mass is 373 g/mol. The quantitative estimate of drug-likeness (QED) is 0.564. The molecular formula is C19H23N3O3S. The molecule has 2 aliphatic carbocycles. The molecule has 0 atom stereocenters. The van der Waals surface area contributed by atoms with Crippen LogP contribution in [0.2, 0.25) is 0 Å². The van der Waals surface area contributed by atoms with Crippen LogP contribution in [0.1, 0.15) is 62.1 Å². The van der Waals surface area contributed by atoms with Crippen molar-refractivity contribution in [2.75, 3.05) is 0 Å². The van der Waals surface area contributed by atoms with E-state index in [9.17, 15) is 15.3 Å². The zero-order valence-electron chi connectivity index (χ0n) is 14.5. The highest BCUT2D eigenvalue weighted by molar-refractivity contribution is 7.07. The number of thiazole rings is 1. The molecular weight excluding hydrogens is 350 g/mol. The number of benzene rings is 1. The van der Waals surface area contributed by atoms with Gasteiger partial charge in [0.1, 0.15) is 0 Å². The number of phenolic OH excluding ortho intramolecular Hbond substituents is 3. The van der Waals surface area contributed by atoms with E-state index in [1.807, 2.05) is 4.68 Å². The molecule has 2 fully saturated rings. The van der Waals surface area contributed by atoms with Gasteiger partial charge in [0.15, 0.2) is 11.5 Å². The fourth-order valence-corrected chi connectivity index (χ4v) is 4.33. The van der Waals surface area contributed by atoms with Crippen molar-refractivity contribution in [2.24, 2.45) is 10.1 Å². The van der Waals surface area contributed by atoms with Gasteiger partial charge in [-0.25, -0.2) is 4.68 Å². The van der Waals surface area contributed by atoms with Crippen molar-refractivity contribution in [3.63, 3.8) is 0 Å². The van der Waals surface area contributed by atoms with Gasteiger partial charge >= 0.3 is 0 Å². The third-order valence-electron chi connectivity index (χ3n) is 5.05. The molecule has 0 unspecified atom stereocenters. The molecule has 4 rings (SSSR count). The van der Waals surface area contributed by atoms with E-state index in [4.69, 9.17) is 4.99 Å². The van der Waals surface area contributed by atoms with Gasteiger partial charge in [-0.2, -0.15) is 5.10 Å². The highest BCUT2D eigenvalue weighted by Gasteiger charge is 2.28. The smallest absolute Gasteiger partial charge is 0.206 e. The molecule has 26 heavy (non-hydrogen) atoms. The van der Waals surface area contributed by atoms with Gasteiger partial charge in [-0.05, 0) is 37.8 Å². The molecule has 6 nitrogen and oxygen atoms in total. The Kier molecular flexibility index (Phi) is 4.72. The van der Waals surface area contributed by atoms with Crippen LogP contribution in [0.25, 0.3) is 0 Å². The second-order valence-electron chi connectivity index (χ2n) is 7.07. The standard InChI is InChI=1S/C19H23N3O3S/c23-16-9-8-13(17(24)18(16)25)10-20-22-15(12-6-7-12)11-26-19(22)21-14-4-2-1-3-5-14/h8-12,14,23-25H,1-7H2/b20-10+,21-19-. The van der Waals surface area contributed by atoms with Crippen LogP contribution in [0.3, 0.4) is 0 Å². The summed E-state index contributed by atoms with van der Waals surface area (Å²) in [6, 6.07) is 3.22. The number of aromatic hydroxyl groups is 3. The SMILES string of the molecule is Oc1ccc(/C=N/n2c(C3CC3)cs/c2=N\C2CCCCC2)c(O)c1O. The average molecular weight is 373 g/mol. The molecule has 3 N–H and O–H groups in total. The molecule has 2 aromatic rings. The molecule has 0 amide bonds. The maximum absolute atomic E-state index is 10.00. The maximum atomic E-state index is 10.00. The molecule has 1 aromatic heterocycles. The Hall–Kier alpha value is -2.28. The van der Waals surface area contributed by atoms with Gasteiger partial charge in [-0.3, -0.25) is 4.99 Å². The Balaban J connectivity index is 1.69. The van der Waals surface area contributed by atoms with Crippen molar-refractivity contribution in [2.45, 2.75) is 56.9 Å². The third-order valence-corrected chi connectivity index (χ3v) is 5.90. The largest absolute Gasteiger partial charge is 0.504 e. The first-order valence-corrected chi connectivity index (χ1v) is 10.0. The molecule has 138 valence electrons. The van der Waals surface area contributed by atoms with Crippen LogP contribution in [0, 0.1) is 0 Å². The fourth-order valence-electron chi connectivity index (χ4n) is 3.35. The highest BCUT2D eigenvalue weighted by Crippen LogP contribution is 2.40. The zero-order chi connectivity index (χ0) is 18.1. The van der Waals surface area contributed by atoms with Gasteiger partial charge in [0.2, 0.25) is 10.6 Å². The fraction of sp³-hybridized carbons (Fsp3) is 0.474. The summed E-state index contributed by atoms with van der Waals surface area (Å²) in [4.78, 5) is 5.82. The normalized spacial score (nSPS) is 19.5. The lowest BCUT2D eigenvalue weighted by Crippen LogP contribution is -2.19. The molecule has 0 spiro atoms. The van der Waals surface area contributed by atoms with E-state index in [0.29, 0.717) is 17.5 Å². The Morgan fingerprint density at radius 3 is 2.50 bits per heavy atom. The topological polar surface area (TPSA) is 90.3 Å². The Labute approximate surface area is 155 Å². The molecule has 1 aromatic carbocycles. The minimum Gasteiger partial charge on any atom is -0.504 e. The molecule has 2 saturated carbocycles. The summed E-state index contributed by atoms with van der Waals surface area (Å²) in [5.41, 5.74) is 1.51. The lowest BCUT2D eigenvalue weighted by Gasteiger charge is -2.16. The number of phenols is 3. The Morgan fingerprint density at radius 1 is 1.00 bits per heavy atom. The van der Waals surface area contributed by atoms with Crippen LogP contribution >= 0.6 is 11.3 Å². The number of nitrogens with zero attached hydrogens (tertiary/aromatic N) is 3. The number of rotatable bonds is 4. The van der Waals surface area contributed by atoms with Gasteiger partial charge in [0.05, 0.1) is 18.0 Å². The first-order chi connectivity index (χ1) is 12.6. The number of hydrogen-bond donors (Lipinski definition) is 3. The first kappa shape index (κ1) is 17.1. The molecule has 2 aliphatic rings. The van der Waals surface area contributed by atoms with E-state index < -0.39 is 5.75 Å². The lowest BCUT2D eigenvalue weighted by atomic mass is 9.96. The van der Waals surface area contributed by atoms with Crippen molar-refractivity contribution in [3.8, 4) is 17.2 Å². The summed E-state index contributed by atoms with van der Waals surface area (Å²) in [5, 5.41) is 35.8. The summed E-state index contributed by atoms with van der Waals surface area (Å²) < 4.78 is 1.88. The predicted octanol–water partition coefficient (Wildman–Crippen LogP) is 3.66. The van der Waals surface area contributed by atoms with Crippen LogP contribution in [0.4, 0.5) is 0 Å². The average Bonchev–Trinajstić information content (AvgIpc) is 3.42. The molecule has 0 aliphatic heterocycles. The van der Waals surface area contributed by atoms with Crippen molar-refractivity contribution in [1.29, 1.82) is 0 Å². The second kappa shape index (κ2) is 7.15. The van der Waals surface area contributed by atoms with Crippen molar-refractivity contribution in [1.82, 2.24) is 4.68 Å².